The molecule has 22 heavy (non-hydrogen) atoms. The van der Waals surface area contributed by atoms with Crippen LogP contribution < -0.4 is 4.90 Å². The van der Waals surface area contributed by atoms with Crippen LogP contribution in [0.25, 0.3) is 11.0 Å². The van der Waals surface area contributed by atoms with Gasteiger partial charge in [0.25, 0.3) is 0 Å². The molecule has 1 fully saturated rings. The average molecular weight is 331 g/mol. The van der Waals surface area contributed by atoms with Crippen LogP contribution in [-0.4, -0.2) is 26.8 Å². The molecule has 4 rings (SSSR count). The summed E-state index contributed by atoms with van der Waals surface area (Å²) in [6.45, 7) is 0. The standard InChI is InChI=1S/C15H11ClN4OS/c16-10-5-3-9(4-6-10)15-20(12(21)8-22-15)14-11-2-1-7-17-13(11)18-19-14/h1-7,15H,8H2,(H,17,18,19)/t15-/m1/s1. The highest BCUT2D eigenvalue weighted by Crippen LogP contribution is 2.42. The SMILES string of the molecule is O=C1CS[C@H](c2ccc(Cl)cc2)N1c1n[nH]c2ncccc12. The third-order valence-corrected chi connectivity index (χ3v) is 5.03. The Morgan fingerprint density at radius 1 is 1.27 bits per heavy atom. The van der Waals surface area contributed by atoms with Gasteiger partial charge < -0.3 is 0 Å². The van der Waals surface area contributed by atoms with Crippen molar-refractivity contribution < 1.29 is 4.79 Å². The number of benzene rings is 1. The van der Waals surface area contributed by atoms with Gasteiger partial charge in [-0.3, -0.25) is 14.8 Å². The Morgan fingerprint density at radius 3 is 2.91 bits per heavy atom. The lowest BCUT2D eigenvalue weighted by Crippen LogP contribution is -2.28. The minimum Gasteiger partial charge on any atom is -0.277 e. The summed E-state index contributed by atoms with van der Waals surface area (Å²) < 4.78 is 0. The van der Waals surface area contributed by atoms with E-state index in [4.69, 9.17) is 11.6 Å². The van der Waals surface area contributed by atoms with Gasteiger partial charge in [0.05, 0.1) is 11.1 Å². The van der Waals surface area contributed by atoms with Crippen molar-refractivity contribution in [3.05, 3.63) is 53.2 Å². The molecule has 1 aliphatic heterocycles. The number of anilines is 1. The summed E-state index contributed by atoms with van der Waals surface area (Å²) >= 11 is 7.53. The number of hydrogen-bond acceptors (Lipinski definition) is 4. The Morgan fingerprint density at radius 2 is 2.09 bits per heavy atom. The Bertz CT molecular complexity index is 848. The summed E-state index contributed by atoms with van der Waals surface area (Å²) in [5, 5.41) is 8.60. The van der Waals surface area contributed by atoms with Crippen LogP contribution in [0.1, 0.15) is 10.9 Å². The van der Waals surface area contributed by atoms with Crippen molar-refractivity contribution in [2.24, 2.45) is 0 Å². The molecule has 1 atom stereocenters. The number of rotatable bonds is 2. The molecule has 1 aromatic carbocycles. The molecule has 0 bridgehead atoms. The highest BCUT2D eigenvalue weighted by molar-refractivity contribution is 8.00. The van der Waals surface area contributed by atoms with Gasteiger partial charge in [-0.15, -0.1) is 11.8 Å². The number of nitrogens with one attached hydrogen (secondary N) is 1. The van der Waals surface area contributed by atoms with Crippen molar-refractivity contribution in [1.29, 1.82) is 0 Å². The summed E-state index contributed by atoms with van der Waals surface area (Å²) in [5.41, 5.74) is 1.71. The minimum atomic E-state index is -0.100. The van der Waals surface area contributed by atoms with E-state index in [0.29, 0.717) is 22.2 Å². The summed E-state index contributed by atoms with van der Waals surface area (Å²) in [6.07, 6.45) is 1.70. The van der Waals surface area contributed by atoms with Crippen LogP contribution in [-0.2, 0) is 4.79 Å². The van der Waals surface area contributed by atoms with E-state index in [1.54, 1.807) is 22.9 Å². The molecule has 3 aromatic rings. The monoisotopic (exact) mass is 330 g/mol. The second-order valence-corrected chi connectivity index (χ2v) is 6.43. The van der Waals surface area contributed by atoms with Crippen LogP contribution in [0.15, 0.2) is 42.6 Å². The quantitative estimate of drug-likeness (QED) is 0.782. The largest absolute Gasteiger partial charge is 0.277 e. The number of pyridine rings is 1. The molecule has 1 amide bonds. The van der Waals surface area contributed by atoms with Gasteiger partial charge >= 0.3 is 0 Å². The van der Waals surface area contributed by atoms with Gasteiger partial charge in [0.1, 0.15) is 5.37 Å². The average Bonchev–Trinajstić information content (AvgIpc) is 3.11. The predicted octanol–water partition coefficient (Wildman–Crippen LogP) is 3.39. The lowest BCUT2D eigenvalue weighted by molar-refractivity contribution is -0.115. The zero-order valence-corrected chi connectivity index (χ0v) is 12.9. The number of fused-ring (bicyclic) bond motifs is 1. The topological polar surface area (TPSA) is 61.9 Å². The molecule has 2 aromatic heterocycles. The Labute approximate surface area is 135 Å². The van der Waals surface area contributed by atoms with Crippen molar-refractivity contribution in [3.63, 3.8) is 0 Å². The number of hydrogen-bond donors (Lipinski definition) is 1. The van der Waals surface area contributed by atoms with E-state index in [1.165, 1.54) is 0 Å². The van der Waals surface area contributed by atoms with Crippen LogP contribution in [0.2, 0.25) is 5.02 Å². The summed E-state index contributed by atoms with van der Waals surface area (Å²) in [6, 6.07) is 11.3. The number of nitrogens with zero attached hydrogens (tertiary/aromatic N) is 3. The third-order valence-electron chi connectivity index (χ3n) is 3.57. The van der Waals surface area contributed by atoms with E-state index in [-0.39, 0.29) is 11.3 Å². The number of aromatic nitrogens is 3. The molecule has 1 saturated heterocycles. The minimum absolute atomic E-state index is 0.0437. The molecule has 110 valence electrons. The first-order chi connectivity index (χ1) is 10.7. The fourth-order valence-electron chi connectivity index (χ4n) is 2.55. The van der Waals surface area contributed by atoms with E-state index in [1.807, 2.05) is 36.4 Å². The normalized spacial score (nSPS) is 18.3. The molecule has 0 aliphatic carbocycles. The van der Waals surface area contributed by atoms with Crippen LogP contribution in [0.4, 0.5) is 5.82 Å². The Balaban J connectivity index is 1.80. The number of halogens is 1. The van der Waals surface area contributed by atoms with Crippen molar-refractivity contribution in [3.8, 4) is 0 Å². The molecule has 3 heterocycles. The third kappa shape index (κ3) is 2.15. The van der Waals surface area contributed by atoms with E-state index in [9.17, 15) is 4.79 Å². The van der Waals surface area contributed by atoms with Crippen molar-refractivity contribution in [1.82, 2.24) is 15.2 Å². The smallest absolute Gasteiger partial charge is 0.239 e. The molecular weight excluding hydrogens is 320 g/mol. The molecular formula is C15H11ClN4OS. The first-order valence-electron chi connectivity index (χ1n) is 6.72. The van der Waals surface area contributed by atoms with Crippen LogP contribution in [0.5, 0.6) is 0 Å². The van der Waals surface area contributed by atoms with Crippen molar-refractivity contribution in [2.75, 3.05) is 10.7 Å². The second-order valence-electron chi connectivity index (χ2n) is 4.93. The summed E-state index contributed by atoms with van der Waals surface area (Å²) in [7, 11) is 0. The van der Waals surface area contributed by atoms with E-state index in [2.05, 4.69) is 15.2 Å². The molecule has 1 N–H and O–H groups in total. The Hall–Kier alpha value is -2.05. The van der Waals surface area contributed by atoms with E-state index < -0.39 is 0 Å². The number of H-pyrrole nitrogens is 1. The lowest BCUT2D eigenvalue weighted by atomic mass is 10.2. The van der Waals surface area contributed by atoms with Gasteiger partial charge in [0, 0.05) is 11.2 Å². The highest BCUT2D eigenvalue weighted by atomic mass is 35.5. The summed E-state index contributed by atoms with van der Waals surface area (Å²) in [4.78, 5) is 18.3. The van der Waals surface area contributed by atoms with E-state index in [0.717, 1.165) is 10.9 Å². The number of aromatic amines is 1. The highest BCUT2D eigenvalue weighted by Gasteiger charge is 2.36. The first kappa shape index (κ1) is 13.6. The van der Waals surface area contributed by atoms with Gasteiger partial charge in [-0.25, -0.2) is 4.98 Å². The maximum atomic E-state index is 12.4. The van der Waals surface area contributed by atoms with Gasteiger partial charge in [-0.1, -0.05) is 23.7 Å². The molecule has 0 radical (unpaired) electrons. The van der Waals surface area contributed by atoms with Crippen LogP contribution in [0, 0.1) is 0 Å². The maximum Gasteiger partial charge on any atom is 0.239 e. The molecule has 0 spiro atoms. The van der Waals surface area contributed by atoms with E-state index >= 15 is 0 Å². The van der Waals surface area contributed by atoms with Crippen molar-refractivity contribution in [2.45, 2.75) is 5.37 Å². The van der Waals surface area contributed by atoms with Gasteiger partial charge in [0.15, 0.2) is 11.5 Å². The number of carbonyl (C=O) groups is 1. The molecule has 0 unspecified atom stereocenters. The Kier molecular flexibility index (Phi) is 3.28. The fraction of sp³-hybridized carbons (Fsp3) is 0.133. The number of carbonyl (C=O) groups excluding carboxylic acids is 1. The zero-order chi connectivity index (χ0) is 15.1. The first-order valence-corrected chi connectivity index (χ1v) is 8.15. The number of amides is 1. The van der Waals surface area contributed by atoms with Gasteiger partial charge in [0.2, 0.25) is 5.91 Å². The molecule has 1 aliphatic rings. The molecule has 5 nitrogen and oxygen atoms in total. The van der Waals surface area contributed by atoms with Crippen LogP contribution >= 0.6 is 23.4 Å². The second kappa shape index (κ2) is 5.30. The molecule has 0 saturated carbocycles. The summed E-state index contributed by atoms with van der Waals surface area (Å²) in [5.74, 6) is 1.10. The maximum absolute atomic E-state index is 12.4. The molecule has 7 heteroatoms. The zero-order valence-electron chi connectivity index (χ0n) is 11.4. The number of thioether (sulfide) groups is 1. The van der Waals surface area contributed by atoms with Gasteiger partial charge in [-0.2, -0.15) is 5.10 Å². The van der Waals surface area contributed by atoms with Gasteiger partial charge in [-0.05, 0) is 29.8 Å². The van der Waals surface area contributed by atoms with Crippen molar-refractivity contribution >= 4 is 46.1 Å². The fourth-order valence-corrected chi connectivity index (χ4v) is 3.83. The lowest BCUT2D eigenvalue weighted by Gasteiger charge is -2.22. The predicted molar refractivity (Wildman–Crippen MR) is 88.0 cm³/mol. The van der Waals surface area contributed by atoms with Crippen LogP contribution in [0.3, 0.4) is 0 Å².